The second kappa shape index (κ2) is 9.08. The standard InChI is InChI=1S/C25H29FN2O3/c1-27-12-2-3-13-28(23(29)16-19-6-4-8-21(26)14-19)17-20-7-5-9-22(15-20)31-18-25(10-11-25)24(27)30/h4-9,14-15H,2-3,10-13,16-18H2,1H3. The summed E-state index contributed by atoms with van der Waals surface area (Å²) in [6, 6.07) is 13.9. The van der Waals surface area contributed by atoms with E-state index in [2.05, 4.69) is 0 Å². The zero-order valence-electron chi connectivity index (χ0n) is 18.0. The average Bonchev–Trinajstić information content (AvgIpc) is 3.54. The molecular weight excluding hydrogens is 395 g/mol. The Labute approximate surface area is 182 Å². The van der Waals surface area contributed by atoms with Crippen LogP contribution in [0.3, 0.4) is 0 Å². The summed E-state index contributed by atoms with van der Waals surface area (Å²) in [5.41, 5.74) is 1.28. The lowest BCUT2D eigenvalue weighted by Gasteiger charge is -2.27. The minimum atomic E-state index is -0.373. The fraction of sp³-hybridized carbons (Fsp3) is 0.440. The van der Waals surface area contributed by atoms with Crippen LogP contribution in [0.4, 0.5) is 4.39 Å². The lowest BCUT2D eigenvalue weighted by Crippen LogP contribution is -2.38. The maximum atomic E-state index is 13.5. The number of fused-ring (bicyclic) bond motifs is 2. The minimum Gasteiger partial charge on any atom is -0.492 e. The van der Waals surface area contributed by atoms with E-state index >= 15 is 0 Å². The molecule has 31 heavy (non-hydrogen) atoms. The predicted octanol–water partition coefficient (Wildman–Crippen LogP) is 3.81. The van der Waals surface area contributed by atoms with Crippen molar-refractivity contribution in [3.8, 4) is 5.75 Å². The lowest BCUT2D eigenvalue weighted by molar-refractivity contribution is -0.137. The van der Waals surface area contributed by atoms with Gasteiger partial charge in [-0.25, -0.2) is 4.39 Å². The topological polar surface area (TPSA) is 49.9 Å². The van der Waals surface area contributed by atoms with Crippen LogP contribution in [-0.2, 0) is 22.6 Å². The van der Waals surface area contributed by atoms with Crippen molar-refractivity contribution in [2.24, 2.45) is 5.41 Å². The van der Waals surface area contributed by atoms with E-state index in [1.807, 2.05) is 36.2 Å². The van der Waals surface area contributed by atoms with Gasteiger partial charge < -0.3 is 14.5 Å². The van der Waals surface area contributed by atoms with Crippen molar-refractivity contribution in [1.29, 1.82) is 0 Å². The van der Waals surface area contributed by atoms with Crippen LogP contribution in [0, 0.1) is 11.2 Å². The molecule has 2 bridgehead atoms. The third-order valence-corrected chi connectivity index (χ3v) is 6.21. The highest BCUT2D eigenvalue weighted by molar-refractivity contribution is 5.85. The molecule has 1 saturated carbocycles. The number of rotatable bonds is 2. The number of carbonyl (C=O) groups is 2. The van der Waals surface area contributed by atoms with E-state index in [1.54, 1.807) is 17.0 Å². The summed E-state index contributed by atoms with van der Waals surface area (Å²) < 4.78 is 19.5. The van der Waals surface area contributed by atoms with Crippen molar-refractivity contribution < 1.29 is 18.7 Å². The first kappa shape index (κ1) is 21.3. The van der Waals surface area contributed by atoms with Crippen LogP contribution in [-0.4, -0.2) is 48.4 Å². The van der Waals surface area contributed by atoms with Crippen molar-refractivity contribution in [3.63, 3.8) is 0 Å². The van der Waals surface area contributed by atoms with Gasteiger partial charge in [-0.2, -0.15) is 0 Å². The number of hydrogen-bond acceptors (Lipinski definition) is 3. The normalized spacial score (nSPS) is 19.0. The van der Waals surface area contributed by atoms with Gasteiger partial charge in [0.15, 0.2) is 0 Å². The van der Waals surface area contributed by atoms with Gasteiger partial charge in [0.2, 0.25) is 11.8 Å². The molecule has 2 aromatic carbocycles. The molecule has 1 heterocycles. The van der Waals surface area contributed by atoms with Crippen molar-refractivity contribution in [3.05, 3.63) is 65.5 Å². The third kappa shape index (κ3) is 5.24. The number of nitrogens with zero attached hydrogens (tertiary/aromatic N) is 2. The van der Waals surface area contributed by atoms with E-state index in [4.69, 9.17) is 4.74 Å². The first-order valence-electron chi connectivity index (χ1n) is 10.9. The Bertz CT molecular complexity index is 957. The number of amides is 2. The second-order valence-electron chi connectivity index (χ2n) is 8.77. The van der Waals surface area contributed by atoms with Crippen LogP contribution in [0.5, 0.6) is 5.75 Å². The number of carbonyl (C=O) groups excluding carboxylic acids is 2. The molecule has 2 amide bonds. The Morgan fingerprint density at radius 3 is 2.65 bits per heavy atom. The van der Waals surface area contributed by atoms with Gasteiger partial charge in [0, 0.05) is 26.7 Å². The zero-order chi connectivity index (χ0) is 21.8. The Kier molecular flexibility index (Phi) is 6.25. The molecule has 5 nitrogen and oxygen atoms in total. The summed E-state index contributed by atoms with van der Waals surface area (Å²) in [5.74, 6) is 0.497. The number of hydrogen-bond donors (Lipinski definition) is 0. The molecule has 0 aromatic heterocycles. The van der Waals surface area contributed by atoms with Gasteiger partial charge in [0.25, 0.3) is 0 Å². The molecule has 1 aliphatic carbocycles. The van der Waals surface area contributed by atoms with E-state index in [9.17, 15) is 14.0 Å². The molecule has 0 saturated heterocycles. The summed E-state index contributed by atoms with van der Waals surface area (Å²) >= 11 is 0. The van der Waals surface area contributed by atoms with Gasteiger partial charge in [-0.3, -0.25) is 9.59 Å². The van der Waals surface area contributed by atoms with Crippen LogP contribution >= 0.6 is 0 Å². The second-order valence-corrected chi connectivity index (χ2v) is 8.77. The van der Waals surface area contributed by atoms with Crippen LogP contribution in [0.2, 0.25) is 0 Å². The predicted molar refractivity (Wildman–Crippen MR) is 116 cm³/mol. The van der Waals surface area contributed by atoms with E-state index in [-0.39, 0.29) is 29.5 Å². The van der Waals surface area contributed by atoms with Crippen molar-refractivity contribution in [2.45, 2.75) is 38.6 Å². The van der Waals surface area contributed by atoms with Crippen LogP contribution in [0.25, 0.3) is 0 Å². The third-order valence-electron chi connectivity index (χ3n) is 6.21. The molecule has 1 fully saturated rings. The molecule has 6 heteroatoms. The van der Waals surface area contributed by atoms with Crippen LogP contribution in [0.15, 0.2) is 48.5 Å². The highest BCUT2D eigenvalue weighted by Crippen LogP contribution is 2.47. The molecule has 0 radical (unpaired) electrons. The molecule has 1 aliphatic heterocycles. The van der Waals surface area contributed by atoms with Gasteiger partial charge in [0.1, 0.15) is 18.2 Å². The van der Waals surface area contributed by atoms with Crippen molar-refractivity contribution >= 4 is 11.8 Å². The Morgan fingerprint density at radius 1 is 1.10 bits per heavy atom. The Hall–Kier alpha value is -2.89. The molecule has 0 unspecified atom stereocenters. The SMILES string of the molecule is CN1CCCCN(C(=O)Cc2cccc(F)c2)Cc2cccc(c2)OCC2(CC2)C1=O. The Balaban J connectivity index is 1.52. The Morgan fingerprint density at radius 2 is 1.87 bits per heavy atom. The van der Waals surface area contributed by atoms with Gasteiger partial charge >= 0.3 is 0 Å². The molecular formula is C25H29FN2O3. The number of halogens is 1. The minimum absolute atomic E-state index is 0.0367. The zero-order valence-corrected chi connectivity index (χ0v) is 18.0. The summed E-state index contributed by atoms with van der Waals surface area (Å²) in [6.45, 7) is 2.12. The summed E-state index contributed by atoms with van der Waals surface area (Å²) in [6.07, 6.45) is 3.53. The van der Waals surface area contributed by atoms with Crippen molar-refractivity contribution in [1.82, 2.24) is 9.80 Å². The van der Waals surface area contributed by atoms with Gasteiger partial charge in [-0.05, 0) is 61.1 Å². The molecule has 1 spiro atoms. The average molecular weight is 425 g/mol. The van der Waals surface area contributed by atoms with Gasteiger partial charge in [0.05, 0.1) is 11.8 Å². The molecule has 0 atom stereocenters. The van der Waals surface area contributed by atoms with E-state index in [0.29, 0.717) is 37.6 Å². The first-order valence-corrected chi connectivity index (χ1v) is 10.9. The maximum absolute atomic E-state index is 13.5. The van der Waals surface area contributed by atoms with Crippen LogP contribution in [0.1, 0.15) is 36.8 Å². The molecule has 2 aromatic rings. The highest BCUT2D eigenvalue weighted by atomic mass is 19.1. The molecule has 2 aliphatic rings. The fourth-order valence-corrected chi connectivity index (χ4v) is 4.13. The lowest BCUT2D eigenvalue weighted by atomic mass is 10.1. The van der Waals surface area contributed by atoms with E-state index < -0.39 is 0 Å². The maximum Gasteiger partial charge on any atom is 0.231 e. The van der Waals surface area contributed by atoms with E-state index in [0.717, 1.165) is 31.2 Å². The molecule has 0 N–H and O–H groups in total. The quantitative estimate of drug-likeness (QED) is 0.737. The highest BCUT2D eigenvalue weighted by Gasteiger charge is 2.52. The monoisotopic (exact) mass is 424 g/mol. The smallest absolute Gasteiger partial charge is 0.231 e. The summed E-state index contributed by atoms with van der Waals surface area (Å²) in [7, 11) is 1.85. The first-order chi connectivity index (χ1) is 14.9. The largest absolute Gasteiger partial charge is 0.492 e. The summed E-state index contributed by atoms with van der Waals surface area (Å²) in [4.78, 5) is 29.5. The fourth-order valence-electron chi connectivity index (χ4n) is 4.13. The molecule has 164 valence electrons. The van der Waals surface area contributed by atoms with Crippen LogP contribution < -0.4 is 4.74 Å². The number of benzene rings is 2. The number of ether oxygens (including phenoxy) is 1. The van der Waals surface area contributed by atoms with Gasteiger partial charge in [-0.15, -0.1) is 0 Å². The van der Waals surface area contributed by atoms with Gasteiger partial charge in [-0.1, -0.05) is 24.3 Å². The van der Waals surface area contributed by atoms with Crippen molar-refractivity contribution in [2.75, 3.05) is 26.7 Å². The summed E-state index contributed by atoms with van der Waals surface area (Å²) in [5, 5.41) is 0. The van der Waals surface area contributed by atoms with E-state index in [1.165, 1.54) is 12.1 Å². The molecule has 4 rings (SSSR count).